The van der Waals surface area contributed by atoms with E-state index in [-0.39, 0.29) is 0 Å². The summed E-state index contributed by atoms with van der Waals surface area (Å²) in [4.78, 5) is 2.16. The molecule has 1 aromatic rings. The van der Waals surface area contributed by atoms with Crippen LogP contribution in [0.4, 0.5) is 18.9 Å². The van der Waals surface area contributed by atoms with Gasteiger partial charge in [-0.3, -0.25) is 0 Å². The Morgan fingerprint density at radius 1 is 1.09 bits per heavy atom. The van der Waals surface area contributed by atoms with Crippen molar-refractivity contribution in [2.24, 2.45) is 5.41 Å². The molecule has 4 heteroatoms. The molecule has 0 atom stereocenters. The highest BCUT2D eigenvalue weighted by atomic mass is 19.4. The van der Waals surface area contributed by atoms with E-state index in [9.17, 15) is 13.2 Å². The van der Waals surface area contributed by atoms with Crippen molar-refractivity contribution in [3.05, 3.63) is 29.3 Å². The first-order chi connectivity index (χ1) is 10.7. The van der Waals surface area contributed by atoms with Gasteiger partial charge in [0.25, 0.3) is 0 Å². The number of rotatable bonds is 0. The number of anilines is 1. The molecule has 0 saturated carbocycles. The highest BCUT2D eigenvalue weighted by Crippen LogP contribution is 2.37. The molecule has 128 valence electrons. The van der Waals surface area contributed by atoms with Crippen molar-refractivity contribution >= 4 is 5.69 Å². The first-order valence-corrected chi connectivity index (χ1v) is 8.15. The van der Waals surface area contributed by atoms with Crippen LogP contribution in [0.5, 0.6) is 0 Å². The average Bonchev–Trinajstić information content (AvgIpc) is 2.69. The fourth-order valence-corrected chi connectivity index (χ4v) is 2.38. The number of benzene rings is 1. The first-order valence-electron chi connectivity index (χ1n) is 8.15. The Morgan fingerprint density at radius 3 is 2.35 bits per heavy atom. The monoisotopic (exact) mass is 325 g/mol. The van der Waals surface area contributed by atoms with Crippen LogP contribution in [0.1, 0.15) is 51.7 Å². The lowest BCUT2D eigenvalue weighted by atomic mass is 9.92. The van der Waals surface area contributed by atoms with Crippen molar-refractivity contribution in [1.29, 1.82) is 0 Å². The SMILES string of the molecule is CC.CN1CCCCc2c(C#CC(C)(C)C(F)(F)F)cccc21. The zero-order chi connectivity index (χ0) is 17.7. The number of nitrogens with zero attached hydrogens (tertiary/aromatic N) is 1. The van der Waals surface area contributed by atoms with Gasteiger partial charge in [-0.15, -0.1) is 0 Å². The van der Waals surface area contributed by atoms with Gasteiger partial charge in [0.05, 0.1) is 0 Å². The Bertz CT molecular complexity index is 577. The molecule has 1 nitrogen and oxygen atoms in total. The Morgan fingerprint density at radius 2 is 1.74 bits per heavy atom. The molecule has 0 fully saturated rings. The van der Waals surface area contributed by atoms with Crippen LogP contribution in [0.25, 0.3) is 0 Å². The zero-order valence-electron chi connectivity index (χ0n) is 14.6. The summed E-state index contributed by atoms with van der Waals surface area (Å²) in [6, 6.07) is 5.70. The normalized spacial score (nSPS) is 14.7. The van der Waals surface area contributed by atoms with E-state index in [1.807, 2.05) is 39.1 Å². The maximum absolute atomic E-state index is 12.9. The summed E-state index contributed by atoms with van der Waals surface area (Å²) < 4.78 is 38.7. The van der Waals surface area contributed by atoms with E-state index in [0.717, 1.165) is 56.5 Å². The molecule has 0 aliphatic carbocycles. The minimum atomic E-state index is -4.32. The number of hydrogen-bond donors (Lipinski definition) is 0. The maximum Gasteiger partial charge on any atom is 0.404 e. The van der Waals surface area contributed by atoms with E-state index in [2.05, 4.69) is 16.7 Å². The molecule has 0 bridgehead atoms. The third kappa shape index (κ3) is 4.67. The molecular weight excluding hydrogens is 299 g/mol. The van der Waals surface area contributed by atoms with Crippen LogP contribution in [0, 0.1) is 17.3 Å². The third-order valence-electron chi connectivity index (χ3n) is 3.95. The second kappa shape index (κ2) is 7.77. The fourth-order valence-electron chi connectivity index (χ4n) is 2.38. The largest absolute Gasteiger partial charge is 0.404 e. The number of halogens is 3. The molecule has 1 heterocycles. The van der Waals surface area contributed by atoms with Crippen molar-refractivity contribution in [2.45, 2.75) is 53.1 Å². The third-order valence-corrected chi connectivity index (χ3v) is 3.95. The summed E-state index contributed by atoms with van der Waals surface area (Å²) in [6.45, 7) is 7.21. The zero-order valence-corrected chi connectivity index (χ0v) is 14.6. The van der Waals surface area contributed by atoms with Gasteiger partial charge < -0.3 is 4.90 Å². The summed E-state index contributed by atoms with van der Waals surface area (Å²) in [5, 5.41) is 0. The van der Waals surface area contributed by atoms with Crippen LogP contribution in [-0.2, 0) is 6.42 Å². The number of fused-ring (bicyclic) bond motifs is 1. The van der Waals surface area contributed by atoms with Crippen LogP contribution in [0.3, 0.4) is 0 Å². The van der Waals surface area contributed by atoms with Crippen LogP contribution in [0.15, 0.2) is 18.2 Å². The van der Waals surface area contributed by atoms with Gasteiger partial charge in [0.2, 0.25) is 0 Å². The summed E-state index contributed by atoms with van der Waals surface area (Å²) in [5.41, 5.74) is 0.887. The molecule has 0 radical (unpaired) electrons. The molecule has 23 heavy (non-hydrogen) atoms. The molecule has 0 aromatic heterocycles. The van der Waals surface area contributed by atoms with Crippen LogP contribution >= 0.6 is 0 Å². The highest BCUT2D eigenvalue weighted by molar-refractivity contribution is 5.61. The molecule has 0 N–H and O–H groups in total. The van der Waals surface area contributed by atoms with E-state index >= 15 is 0 Å². The molecule has 0 unspecified atom stereocenters. The van der Waals surface area contributed by atoms with E-state index in [4.69, 9.17) is 0 Å². The molecule has 2 rings (SSSR count). The van der Waals surface area contributed by atoms with Gasteiger partial charge in [0.1, 0.15) is 5.41 Å². The highest BCUT2D eigenvalue weighted by Gasteiger charge is 2.46. The van der Waals surface area contributed by atoms with Gasteiger partial charge >= 0.3 is 6.18 Å². The molecule has 0 spiro atoms. The van der Waals surface area contributed by atoms with Gasteiger partial charge in [-0.25, -0.2) is 0 Å². The molecular formula is C19H26F3N. The topological polar surface area (TPSA) is 3.24 Å². The lowest BCUT2D eigenvalue weighted by Crippen LogP contribution is -2.30. The molecule has 0 amide bonds. The second-order valence-corrected chi connectivity index (χ2v) is 6.05. The van der Waals surface area contributed by atoms with Crippen molar-refractivity contribution in [3.8, 4) is 11.8 Å². The number of alkyl halides is 3. The first kappa shape index (κ1) is 19.4. The smallest absolute Gasteiger partial charge is 0.374 e. The quantitative estimate of drug-likeness (QED) is 0.575. The Hall–Kier alpha value is -1.63. The van der Waals surface area contributed by atoms with Crippen molar-refractivity contribution in [2.75, 3.05) is 18.5 Å². The lowest BCUT2D eigenvalue weighted by molar-refractivity contribution is -0.190. The van der Waals surface area contributed by atoms with Crippen LogP contribution < -0.4 is 4.90 Å². The summed E-state index contributed by atoms with van der Waals surface area (Å²) in [6.07, 6.45) is -1.32. The fraction of sp³-hybridized carbons (Fsp3) is 0.579. The van der Waals surface area contributed by atoms with Gasteiger partial charge in [0.15, 0.2) is 0 Å². The predicted molar refractivity (Wildman–Crippen MR) is 90.7 cm³/mol. The van der Waals surface area contributed by atoms with Gasteiger partial charge in [-0.2, -0.15) is 13.2 Å². The van der Waals surface area contributed by atoms with Crippen molar-refractivity contribution in [1.82, 2.24) is 0 Å². The Kier molecular flexibility index (Phi) is 6.56. The van der Waals surface area contributed by atoms with E-state index < -0.39 is 11.6 Å². The molecule has 0 saturated heterocycles. The van der Waals surface area contributed by atoms with Gasteiger partial charge in [-0.05, 0) is 50.8 Å². The Balaban J connectivity index is 0.00000127. The Labute approximate surface area is 137 Å². The second-order valence-electron chi connectivity index (χ2n) is 6.05. The van der Waals surface area contributed by atoms with Crippen LogP contribution in [-0.4, -0.2) is 19.8 Å². The molecule has 1 aliphatic heterocycles. The molecule has 1 aromatic carbocycles. The lowest BCUT2D eigenvalue weighted by Gasteiger charge is -2.22. The minimum Gasteiger partial charge on any atom is -0.374 e. The minimum absolute atomic E-state index is 0.721. The van der Waals surface area contributed by atoms with Crippen molar-refractivity contribution < 1.29 is 13.2 Å². The van der Waals surface area contributed by atoms with E-state index in [1.54, 1.807) is 0 Å². The van der Waals surface area contributed by atoms with E-state index in [1.165, 1.54) is 0 Å². The maximum atomic E-state index is 12.9. The summed E-state index contributed by atoms with van der Waals surface area (Å²) in [5.74, 6) is 5.18. The predicted octanol–water partition coefficient (Wildman–Crippen LogP) is 5.43. The van der Waals surface area contributed by atoms with Crippen LogP contribution in [0.2, 0.25) is 0 Å². The summed E-state index contributed by atoms with van der Waals surface area (Å²) in [7, 11) is 2.01. The molecule has 1 aliphatic rings. The average molecular weight is 325 g/mol. The number of hydrogen-bond acceptors (Lipinski definition) is 1. The van der Waals surface area contributed by atoms with Gasteiger partial charge in [-0.1, -0.05) is 31.8 Å². The van der Waals surface area contributed by atoms with Gasteiger partial charge in [0, 0.05) is 24.8 Å². The standard InChI is InChI=1S/C17H20F3N.C2H6/c1-16(2,17(18,19)20)11-10-13-7-6-9-15-14(13)8-4-5-12-21(15)3;1-2/h6-7,9H,4-5,8,12H2,1-3H3;1-2H3. The summed E-state index contributed by atoms with van der Waals surface area (Å²) >= 11 is 0. The van der Waals surface area contributed by atoms with Crippen molar-refractivity contribution in [3.63, 3.8) is 0 Å². The van der Waals surface area contributed by atoms with E-state index in [0.29, 0.717) is 0 Å².